The van der Waals surface area contributed by atoms with Crippen LogP contribution in [0.3, 0.4) is 0 Å². The van der Waals surface area contributed by atoms with Gasteiger partial charge in [0.1, 0.15) is 0 Å². The molecule has 0 bridgehead atoms. The first kappa shape index (κ1) is 15.0. The van der Waals surface area contributed by atoms with Gasteiger partial charge >= 0.3 is 0 Å². The van der Waals surface area contributed by atoms with Crippen molar-refractivity contribution in [2.75, 3.05) is 26.7 Å². The summed E-state index contributed by atoms with van der Waals surface area (Å²) in [7, 11) is 2.05. The van der Waals surface area contributed by atoms with E-state index in [0.717, 1.165) is 26.1 Å². The summed E-state index contributed by atoms with van der Waals surface area (Å²) >= 11 is 0. The van der Waals surface area contributed by atoms with Gasteiger partial charge in [0, 0.05) is 45.1 Å². The Hall–Kier alpha value is -1.40. The average molecular weight is 280 g/mol. The fourth-order valence-electron chi connectivity index (χ4n) is 2.60. The highest BCUT2D eigenvalue weighted by Gasteiger charge is 2.32. The van der Waals surface area contributed by atoms with E-state index >= 15 is 0 Å². The predicted octanol–water partition coefficient (Wildman–Crippen LogP) is 0.499. The number of amides is 1. The maximum absolute atomic E-state index is 12.0. The van der Waals surface area contributed by atoms with Gasteiger partial charge in [0.15, 0.2) is 0 Å². The van der Waals surface area contributed by atoms with Crippen molar-refractivity contribution in [3.8, 4) is 0 Å². The summed E-state index contributed by atoms with van der Waals surface area (Å²) in [6.45, 7) is 5.19. The predicted molar refractivity (Wildman–Crippen MR) is 76.3 cm³/mol. The van der Waals surface area contributed by atoms with Gasteiger partial charge in [-0.2, -0.15) is 5.10 Å². The van der Waals surface area contributed by atoms with Crippen molar-refractivity contribution in [2.24, 2.45) is 0 Å². The lowest BCUT2D eigenvalue weighted by atomic mass is 10.2. The van der Waals surface area contributed by atoms with Crippen LogP contribution in [0.4, 0.5) is 0 Å². The maximum atomic E-state index is 12.0. The minimum absolute atomic E-state index is 0.0992. The fraction of sp³-hybridized carbons (Fsp3) is 0.714. The van der Waals surface area contributed by atoms with E-state index in [2.05, 4.69) is 22.4 Å². The maximum Gasteiger partial charge on any atom is 0.220 e. The second kappa shape index (κ2) is 7.40. The fourth-order valence-corrected chi connectivity index (χ4v) is 2.60. The van der Waals surface area contributed by atoms with E-state index in [-0.39, 0.29) is 18.1 Å². The lowest BCUT2D eigenvalue weighted by molar-refractivity contribution is -0.122. The first-order valence-electron chi connectivity index (χ1n) is 7.26. The van der Waals surface area contributed by atoms with E-state index in [0.29, 0.717) is 13.0 Å². The first-order chi connectivity index (χ1) is 9.69. The van der Waals surface area contributed by atoms with E-state index in [4.69, 9.17) is 4.74 Å². The quantitative estimate of drug-likeness (QED) is 0.790. The summed E-state index contributed by atoms with van der Waals surface area (Å²) in [4.78, 5) is 14.2. The Bertz CT molecular complexity index is 407. The van der Waals surface area contributed by atoms with Crippen LogP contribution in [0, 0.1) is 0 Å². The topological polar surface area (TPSA) is 59.4 Å². The van der Waals surface area contributed by atoms with Crippen LogP contribution in [-0.4, -0.2) is 59.5 Å². The number of ether oxygens (including phenoxy) is 1. The van der Waals surface area contributed by atoms with Gasteiger partial charge in [-0.3, -0.25) is 9.48 Å². The molecule has 2 rings (SSSR count). The van der Waals surface area contributed by atoms with Crippen molar-refractivity contribution in [1.29, 1.82) is 0 Å². The Balaban J connectivity index is 1.70. The largest absolute Gasteiger partial charge is 0.375 e. The highest BCUT2D eigenvalue weighted by molar-refractivity contribution is 5.76. The lowest BCUT2D eigenvalue weighted by Gasteiger charge is -2.19. The minimum atomic E-state index is 0.0992. The average Bonchev–Trinajstić information content (AvgIpc) is 3.01. The van der Waals surface area contributed by atoms with Crippen molar-refractivity contribution in [3.63, 3.8) is 0 Å². The molecule has 2 heterocycles. The molecule has 0 unspecified atom stereocenters. The third kappa shape index (κ3) is 4.31. The zero-order chi connectivity index (χ0) is 14.4. The molecule has 0 radical (unpaired) electrons. The standard InChI is InChI=1S/C14H24N4O2/c1-3-20-13-11-17(2)10-12(13)16-14(19)6-4-8-18-9-5-7-15-18/h5,7,9,12-13H,3-4,6,8,10-11H2,1-2H3,(H,16,19)/t12-,13-/m0/s1. The molecule has 1 aliphatic heterocycles. The van der Waals surface area contributed by atoms with Crippen molar-refractivity contribution in [1.82, 2.24) is 20.0 Å². The van der Waals surface area contributed by atoms with Gasteiger partial charge in [-0.15, -0.1) is 0 Å². The van der Waals surface area contributed by atoms with Crippen molar-refractivity contribution < 1.29 is 9.53 Å². The molecule has 0 saturated carbocycles. The molecule has 1 aliphatic rings. The second-order valence-corrected chi connectivity index (χ2v) is 5.26. The number of likely N-dealkylation sites (N-methyl/N-ethyl adjacent to an activating group) is 1. The summed E-state index contributed by atoms with van der Waals surface area (Å²) in [6.07, 6.45) is 5.10. The van der Waals surface area contributed by atoms with Crippen LogP contribution in [-0.2, 0) is 16.1 Å². The molecule has 6 heteroatoms. The van der Waals surface area contributed by atoms with Gasteiger partial charge in [-0.05, 0) is 26.5 Å². The van der Waals surface area contributed by atoms with Gasteiger partial charge < -0.3 is 15.0 Å². The van der Waals surface area contributed by atoms with Crippen LogP contribution < -0.4 is 5.32 Å². The molecule has 1 saturated heterocycles. The molecule has 1 N–H and O–H groups in total. The summed E-state index contributed by atoms with van der Waals surface area (Å²) in [5.41, 5.74) is 0. The SMILES string of the molecule is CCO[C@H]1CN(C)C[C@@H]1NC(=O)CCCn1cccn1. The number of carbonyl (C=O) groups is 1. The van der Waals surface area contributed by atoms with Gasteiger partial charge in [-0.1, -0.05) is 0 Å². The molecule has 1 amide bonds. The molecular formula is C14H24N4O2. The Morgan fingerprint density at radius 2 is 2.35 bits per heavy atom. The Morgan fingerprint density at radius 1 is 1.50 bits per heavy atom. The van der Waals surface area contributed by atoms with Gasteiger partial charge in [0.05, 0.1) is 12.1 Å². The molecule has 1 aromatic rings. The molecule has 1 aromatic heterocycles. The monoisotopic (exact) mass is 280 g/mol. The smallest absolute Gasteiger partial charge is 0.220 e. The summed E-state index contributed by atoms with van der Waals surface area (Å²) < 4.78 is 7.53. The van der Waals surface area contributed by atoms with Gasteiger partial charge in [0.2, 0.25) is 5.91 Å². The van der Waals surface area contributed by atoms with Gasteiger partial charge in [0.25, 0.3) is 0 Å². The number of hydrogen-bond acceptors (Lipinski definition) is 4. The van der Waals surface area contributed by atoms with Crippen LogP contribution in [0.15, 0.2) is 18.5 Å². The number of likely N-dealkylation sites (tertiary alicyclic amines) is 1. The van der Waals surface area contributed by atoms with Gasteiger partial charge in [-0.25, -0.2) is 0 Å². The molecule has 2 atom stereocenters. The lowest BCUT2D eigenvalue weighted by Crippen LogP contribution is -2.43. The number of hydrogen-bond donors (Lipinski definition) is 1. The van der Waals surface area contributed by atoms with Crippen LogP contribution >= 0.6 is 0 Å². The third-order valence-corrected chi connectivity index (χ3v) is 3.53. The molecule has 0 aromatic carbocycles. The van der Waals surface area contributed by atoms with E-state index in [1.165, 1.54) is 0 Å². The molecule has 6 nitrogen and oxygen atoms in total. The molecule has 0 aliphatic carbocycles. The van der Waals surface area contributed by atoms with Crippen LogP contribution in [0.1, 0.15) is 19.8 Å². The Morgan fingerprint density at radius 3 is 3.05 bits per heavy atom. The molecule has 0 spiro atoms. The van der Waals surface area contributed by atoms with E-state index in [9.17, 15) is 4.79 Å². The normalized spacial score (nSPS) is 23.1. The van der Waals surface area contributed by atoms with Crippen LogP contribution in [0.25, 0.3) is 0 Å². The number of carbonyl (C=O) groups excluding carboxylic acids is 1. The van der Waals surface area contributed by atoms with E-state index in [1.807, 2.05) is 23.9 Å². The summed E-state index contributed by atoms with van der Waals surface area (Å²) in [5, 5.41) is 7.21. The number of aryl methyl sites for hydroxylation is 1. The zero-order valence-corrected chi connectivity index (χ0v) is 12.3. The third-order valence-electron chi connectivity index (χ3n) is 3.53. The van der Waals surface area contributed by atoms with Crippen molar-refractivity contribution in [2.45, 2.75) is 38.5 Å². The first-order valence-corrected chi connectivity index (χ1v) is 7.26. The minimum Gasteiger partial charge on any atom is -0.375 e. The molecule has 112 valence electrons. The summed E-state index contributed by atoms with van der Waals surface area (Å²) in [6, 6.07) is 2.00. The number of rotatable bonds is 7. The second-order valence-electron chi connectivity index (χ2n) is 5.26. The molecular weight excluding hydrogens is 256 g/mol. The van der Waals surface area contributed by atoms with Crippen LogP contribution in [0.5, 0.6) is 0 Å². The van der Waals surface area contributed by atoms with E-state index in [1.54, 1.807) is 6.20 Å². The van der Waals surface area contributed by atoms with Crippen molar-refractivity contribution >= 4 is 5.91 Å². The highest BCUT2D eigenvalue weighted by Crippen LogP contribution is 2.12. The van der Waals surface area contributed by atoms with Crippen molar-refractivity contribution in [3.05, 3.63) is 18.5 Å². The van der Waals surface area contributed by atoms with Crippen LogP contribution in [0.2, 0.25) is 0 Å². The molecule has 20 heavy (non-hydrogen) atoms. The summed E-state index contributed by atoms with van der Waals surface area (Å²) in [5.74, 6) is 0.0992. The Labute approximate surface area is 120 Å². The Kier molecular flexibility index (Phi) is 5.55. The number of nitrogens with one attached hydrogen (secondary N) is 1. The zero-order valence-electron chi connectivity index (χ0n) is 12.3. The number of aromatic nitrogens is 2. The van der Waals surface area contributed by atoms with E-state index < -0.39 is 0 Å². The highest BCUT2D eigenvalue weighted by atomic mass is 16.5. The molecule has 1 fully saturated rings. The number of nitrogens with zero attached hydrogens (tertiary/aromatic N) is 3.